The smallest absolute Gasteiger partial charge is 0.118 e. The van der Waals surface area contributed by atoms with E-state index in [4.69, 9.17) is 5.73 Å². The topological polar surface area (TPSA) is 61.7 Å². The van der Waals surface area contributed by atoms with Crippen molar-refractivity contribution in [3.63, 3.8) is 0 Å². The lowest BCUT2D eigenvalue weighted by molar-refractivity contribution is 0.330. The van der Waals surface area contributed by atoms with E-state index in [1.54, 1.807) is 0 Å². The van der Waals surface area contributed by atoms with Crippen molar-refractivity contribution < 1.29 is 0 Å². The van der Waals surface area contributed by atoms with Crippen LogP contribution in [-0.4, -0.2) is 19.6 Å². The van der Waals surface area contributed by atoms with Crippen molar-refractivity contribution in [2.75, 3.05) is 5.73 Å². The zero-order chi connectivity index (χ0) is 13.2. The van der Waals surface area contributed by atoms with Crippen LogP contribution in [0.3, 0.4) is 0 Å². The predicted octanol–water partition coefficient (Wildman–Crippen LogP) is 2.85. The van der Waals surface area contributed by atoms with E-state index in [0.29, 0.717) is 6.04 Å². The maximum Gasteiger partial charge on any atom is 0.118 e. The first kappa shape index (κ1) is 12.3. The Morgan fingerprint density at radius 3 is 2.74 bits per heavy atom. The molecule has 19 heavy (non-hydrogen) atoms. The van der Waals surface area contributed by atoms with E-state index in [1.807, 2.05) is 23.3 Å². The van der Waals surface area contributed by atoms with E-state index in [1.165, 1.54) is 32.1 Å². The lowest BCUT2D eigenvalue weighted by atomic mass is 9.96. The van der Waals surface area contributed by atoms with Crippen LogP contribution in [0.2, 0.25) is 0 Å². The molecule has 0 saturated heterocycles. The van der Waals surface area contributed by atoms with E-state index in [9.17, 15) is 0 Å². The van der Waals surface area contributed by atoms with Crippen LogP contribution in [0, 0.1) is 0 Å². The summed E-state index contributed by atoms with van der Waals surface area (Å²) in [4.78, 5) is 0. The summed E-state index contributed by atoms with van der Waals surface area (Å²) in [6.45, 7) is 2.93. The minimum absolute atomic E-state index is 0.519. The second-order valence-corrected chi connectivity index (χ2v) is 5.29. The molecule has 5 nitrogen and oxygen atoms in total. The van der Waals surface area contributed by atoms with Gasteiger partial charge in [0.15, 0.2) is 0 Å². The van der Waals surface area contributed by atoms with Gasteiger partial charge in [0.1, 0.15) is 5.69 Å². The molecule has 102 valence electrons. The van der Waals surface area contributed by atoms with Gasteiger partial charge in [-0.25, -0.2) is 0 Å². The number of nitrogens with zero attached hydrogens (tertiary/aromatic N) is 4. The number of anilines is 1. The summed E-state index contributed by atoms with van der Waals surface area (Å²) in [5, 5.41) is 8.98. The van der Waals surface area contributed by atoms with E-state index < -0.39 is 0 Å². The Bertz CT molecular complexity index is 548. The Balaban J connectivity index is 1.88. The molecule has 2 aromatic rings. The molecule has 2 heterocycles. The fourth-order valence-electron chi connectivity index (χ4n) is 2.82. The molecule has 0 radical (unpaired) electrons. The highest BCUT2D eigenvalue weighted by molar-refractivity contribution is 5.70. The number of nitrogen functional groups attached to an aromatic ring is 1. The average molecular weight is 259 g/mol. The van der Waals surface area contributed by atoms with Gasteiger partial charge in [0.25, 0.3) is 0 Å². The molecule has 1 fully saturated rings. The van der Waals surface area contributed by atoms with Crippen LogP contribution in [0.5, 0.6) is 0 Å². The van der Waals surface area contributed by atoms with Gasteiger partial charge in [-0.1, -0.05) is 19.3 Å². The van der Waals surface area contributed by atoms with Gasteiger partial charge in [-0.05, 0) is 19.8 Å². The molecule has 0 bridgehead atoms. The highest BCUT2D eigenvalue weighted by Crippen LogP contribution is 2.31. The molecule has 0 aromatic carbocycles. The standard InChI is InChI=1S/C14H21N5/c1-2-18-9-11(8-16-18)14-13(15)10-19(17-14)12-6-4-3-5-7-12/h8-10,12H,2-7,15H2,1H3. The lowest BCUT2D eigenvalue weighted by Gasteiger charge is -2.21. The maximum atomic E-state index is 6.11. The molecule has 1 aliphatic carbocycles. The average Bonchev–Trinajstić information content (AvgIpc) is 3.06. The molecule has 0 spiro atoms. The molecule has 1 aliphatic rings. The van der Waals surface area contributed by atoms with E-state index in [0.717, 1.165) is 23.5 Å². The summed E-state index contributed by atoms with van der Waals surface area (Å²) in [5.41, 5.74) is 8.74. The lowest BCUT2D eigenvalue weighted by Crippen LogP contribution is -2.13. The van der Waals surface area contributed by atoms with Crippen LogP contribution in [0.1, 0.15) is 45.1 Å². The van der Waals surface area contributed by atoms with Gasteiger partial charge in [0.2, 0.25) is 0 Å². The summed E-state index contributed by atoms with van der Waals surface area (Å²) >= 11 is 0. The van der Waals surface area contributed by atoms with E-state index in [2.05, 4.69) is 21.8 Å². The maximum absolute atomic E-state index is 6.11. The summed E-state index contributed by atoms with van der Waals surface area (Å²) in [7, 11) is 0. The Morgan fingerprint density at radius 2 is 2.05 bits per heavy atom. The number of hydrogen-bond acceptors (Lipinski definition) is 3. The van der Waals surface area contributed by atoms with Gasteiger partial charge in [0.05, 0.1) is 17.9 Å². The van der Waals surface area contributed by atoms with Gasteiger partial charge in [0, 0.05) is 24.5 Å². The number of hydrogen-bond donors (Lipinski definition) is 1. The van der Waals surface area contributed by atoms with Gasteiger partial charge >= 0.3 is 0 Å². The third kappa shape index (κ3) is 2.37. The molecule has 1 saturated carbocycles. The normalized spacial score (nSPS) is 16.9. The molecular formula is C14H21N5. The van der Waals surface area contributed by atoms with Gasteiger partial charge in [-0.2, -0.15) is 10.2 Å². The molecule has 2 aromatic heterocycles. The van der Waals surface area contributed by atoms with Crippen molar-refractivity contribution in [3.05, 3.63) is 18.6 Å². The fraction of sp³-hybridized carbons (Fsp3) is 0.571. The highest BCUT2D eigenvalue weighted by atomic mass is 15.3. The Kier molecular flexibility index (Phi) is 3.27. The van der Waals surface area contributed by atoms with Gasteiger partial charge < -0.3 is 5.73 Å². The molecule has 5 heteroatoms. The zero-order valence-corrected chi connectivity index (χ0v) is 11.4. The second-order valence-electron chi connectivity index (χ2n) is 5.29. The van der Waals surface area contributed by atoms with Crippen LogP contribution >= 0.6 is 0 Å². The molecule has 0 aliphatic heterocycles. The van der Waals surface area contributed by atoms with Crippen molar-refractivity contribution in [2.45, 2.75) is 51.6 Å². The molecule has 0 atom stereocenters. The molecular weight excluding hydrogens is 238 g/mol. The van der Waals surface area contributed by atoms with Gasteiger partial charge in [-0.15, -0.1) is 0 Å². The van der Waals surface area contributed by atoms with Crippen LogP contribution in [0.4, 0.5) is 5.69 Å². The molecule has 0 unspecified atom stereocenters. The Hall–Kier alpha value is -1.78. The van der Waals surface area contributed by atoms with E-state index >= 15 is 0 Å². The van der Waals surface area contributed by atoms with Crippen LogP contribution < -0.4 is 5.73 Å². The summed E-state index contributed by atoms with van der Waals surface area (Å²) in [5.74, 6) is 0. The zero-order valence-electron chi connectivity index (χ0n) is 11.4. The first-order valence-corrected chi connectivity index (χ1v) is 7.15. The first-order chi connectivity index (χ1) is 9.28. The minimum atomic E-state index is 0.519. The summed E-state index contributed by atoms with van der Waals surface area (Å²) in [6.07, 6.45) is 12.2. The fourth-order valence-corrected chi connectivity index (χ4v) is 2.82. The van der Waals surface area contributed by atoms with Crippen molar-refractivity contribution in [1.82, 2.24) is 19.6 Å². The number of rotatable bonds is 3. The summed E-state index contributed by atoms with van der Waals surface area (Å²) in [6, 6.07) is 0.519. The highest BCUT2D eigenvalue weighted by Gasteiger charge is 2.18. The summed E-state index contributed by atoms with van der Waals surface area (Å²) < 4.78 is 3.96. The van der Waals surface area contributed by atoms with Crippen LogP contribution in [0.25, 0.3) is 11.3 Å². The quantitative estimate of drug-likeness (QED) is 0.922. The minimum Gasteiger partial charge on any atom is -0.396 e. The number of aryl methyl sites for hydroxylation is 1. The first-order valence-electron chi connectivity index (χ1n) is 7.15. The third-order valence-electron chi connectivity index (χ3n) is 3.94. The van der Waals surface area contributed by atoms with Crippen molar-refractivity contribution in [3.8, 4) is 11.3 Å². The molecule has 0 amide bonds. The van der Waals surface area contributed by atoms with Crippen LogP contribution in [0.15, 0.2) is 18.6 Å². The third-order valence-corrected chi connectivity index (χ3v) is 3.94. The predicted molar refractivity (Wildman–Crippen MR) is 75.7 cm³/mol. The molecule has 3 rings (SSSR count). The van der Waals surface area contributed by atoms with Crippen molar-refractivity contribution in [1.29, 1.82) is 0 Å². The van der Waals surface area contributed by atoms with Crippen molar-refractivity contribution >= 4 is 5.69 Å². The number of aromatic nitrogens is 4. The molecule has 2 N–H and O–H groups in total. The second kappa shape index (κ2) is 5.07. The largest absolute Gasteiger partial charge is 0.396 e. The number of nitrogens with two attached hydrogens (primary N) is 1. The Labute approximate surface area is 113 Å². The van der Waals surface area contributed by atoms with Crippen LogP contribution in [-0.2, 0) is 6.54 Å². The van der Waals surface area contributed by atoms with Crippen molar-refractivity contribution in [2.24, 2.45) is 0 Å². The van der Waals surface area contributed by atoms with E-state index in [-0.39, 0.29) is 0 Å². The SMILES string of the molecule is CCn1cc(-c2nn(C3CCCCC3)cc2N)cn1. The van der Waals surface area contributed by atoms with Gasteiger partial charge in [-0.3, -0.25) is 9.36 Å². The Morgan fingerprint density at radius 1 is 1.26 bits per heavy atom. The monoisotopic (exact) mass is 259 g/mol.